The highest BCUT2D eigenvalue weighted by Gasteiger charge is 2.20. The topological polar surface area (TPSA) is 60.2 Å². The van der Waals surface area contributed by atoms with Gasteiger partial charge in [0.15, 0.2) is 5.75 Å². The van der Waals surface area contributed by atoms with E-state index in [0.29, 0.717) is 11.4 Å². The number of ether oxygens (including phenoxy) is 1. The third-order valence-corrected chi connectivity index (χ3v) is 3.92. The highest BCUT2D eigenvalue weighted by atomic mass is 32.1. The van der Waals surface area contributed by atoms with Crippen LogP contribution in [0.3, 0.4) is 0 Å². The van der Waals surface area contributed by atoms with E-state index in [1.54, 1.807) is 42.6 Å². The van der Waals surface area contributed by atoms with Crippen LogP contribution in [0.2, 0.25) is 0 Å². The zero-order valence-electron chi connectivity index (χ0n) is 10.6. The molecular weight excluding hydrogens is 262 g/mol. The van der Waals surface area contributed by atoms with Crippen molar-refractivity contribution in [1.82, 2.24) is 14.8 Å². The summed E-state index contributed by atoms with van der Waals surface area (Å²) in [5.74, 6) is 0.571. The molecule has 1 atom stereocenters. The van der Waals surface area contributed by atoms with E-state index >= 15 is 0 Å². The Kier molecular flexibility index (Phi) is 2.96. The number of rotatable bonds is 3. The number of methoxy groups -OCH3 is 1. The number of hydrogen-bond donors (Lipinski definition) is 1. The minimum absolute atomic E-state index is 0.571. The molecule has 0 aliphatic rings. The van der Waals surface area contributed by atoms with Gasteiger partial charge in [-0.2, -0.15) is 5.10 Å². The van der Waals surface area contributed by atoms with Crippen LogP contribution in [0.4, 0.5) is 0 Å². The quantitative estimate of drug-likeness (QED) is 0.795. The van der Waals surface area contributed by atoms with Gasteiger partial charge in [0, 0.05) is 18.8 Å². The highest BCUT2D eigenvalue weighted by molar-refractivity contribution is 7.17. The molecule has 3 aromatic rings. The average molecular weight is 275 g/mol. The molecule has 3 aromatic heterocycles. The van der Waals surface area contributed by atoms with Crippen molar-refractivity contribution < 1.29 is 9.84 Å². The van der Waals surface area contributed by atoms with Gasteiger partial charge in [-0.25, -0.2) is 0 Å². The van der Waals surface area contributed by atoms with Crippen molar-refractivity contribution >= 4 is 21.6 Å². The maximum atomic E-state index is 10.5. The Balaban J connectivity index is 2.07. The molecular formula is C13H13N3O2S. The van der Waals surface area contributed by atoms with Crippen LogP contribution in [-0.2, 0) is 7.05 Å². The molecule has 3 heterocycles. The number of pyridine rings is 1. The second-order valence-electron chi connectivity index (χ2n) is 4.20. The molecule has 0 amide bonds. The van der Waals surface area contributed by atoms with E-state index < -0.39 is 6.10 Å². The maximum Gasteiger partial charge on any atom is 0.162 e. The predicted octanol–water partition coefficient (Wildman–Crippen LogP) is 2.12. The van der Waals surface area contributed by atoms with Gasteiger partial charge in [-0.1, -0.05) is 0 Å². The van der Waals surface area contributed by atoms with Crippen LogP contribution in [0.15, 0.2) is 29.9 Å². The summed E-state index contributed by atoms with van der Waals surface area (Å²) in [5, 5.41) is 16.6. The number of aromatic nitrogens is 3. The Morgan fingerprint density at radius 1 is 1.42 bits per heavy atom. The summed E-state index contributed by atoms with van der Waals surface area (Å²) < 4.78 is 7.89. The Labute approximate surface area is 114 Å². The molecule has 1 N–H and O–H groups in total. The molecule has 0 radical (unpaired) electrons. The van der Waals surface area contributed by atoms with Crippen molar-refractivity contribution in [1.29, 1.82) is 0 Å². The number of aliphatic hydroxyl groups excluding tert-OH is 1. The summed E-state index contributed by atoms with van der Waals surface area (Å²) in [4.78, 5) is 4.34. The highest BCUT2D eigenvalue weighted by Crippen LogP contribution is 2.31. The molecule has 19 heavy (non-hydrogen) atoms. The Bertz CT molecular complexity index is 720. The van der Waals surface area contributed by atoms with E-state index in [1.807, 2.05) is 17.5 Å². The lowest BCUT2D eigenvalue weighted by atomic mass is 10.1. The molecule has 0 aromatic carbocycles. The van der Waals surface area contributed by atoms with Crippen LogP contribution >= 0.6 is 11.3 Å². The largest absolute Gasteiger partial charge is 0.493 e. The minimum Gasteiger partial charge on any atom is -0.493 e. The average Bonchev–Trinajstić information content (AvgIpc) is 3.02. The van der Waals surface area contributed by atoms with Gasteiger partial charge in [0.25, 0.3) is 0 Å². The second-order valence-corrected chi connectivity index (χ2v) is 5.14. The molecule has 1 unspecified atom stereocenters. The number of nitrogens with zero attached hydrogens (tertiary/aromatic N) is 3. The summed E-state index contributed by atoms with van der Waals surface area (Å²) in [5.41, 5.74) is 2.30. The van der Waals surface area contributed by atoms with E-state index in [4.69, 9.17) is 4.74 Å². The van der Waals surface area contributed by atoms with Gasteiger partial charge in [-0.05, 0) is 17.5 Å². The molecule has 3 rings (SSSR count). The van der Waals surface area contributed by atoms with Crippen LogP contribution < -0.4 is 4.74 Å². The number of aryl methyl sites for hydroxylation is 1. The summed E-state index contributed by atoms with van der Waals surface area (Å²) in [7, 11) is 3.34. The monoisotopic (exact) mass is 275 g/mol. The van der Waals surface area contributed by atoms with E-state index in [9.17, 15) is 5.11 Å². The first-order valence-electron chi connectivity index (χ1n) is 5.78. The van der Waals surface area contributed by atoms with Gasteiger partial charge in [0.2, 0.25) is 0 Å². The molecule has 0 aliphatic carbocycles. The van der Waals surface area contributed by atoms with Gasteiger partial charge in [0.05, 0.1) is 23.5 Å². The van der Waals surface area contributed by atoms with Crippen LogP contribution in [-0.4, -0.2) is 27.0 Å². The first kappa shape index (κ1) is 12.1. The lowest BCUT2D eigenvalue weighted by molar-refractivity contribution is 0.204. The fourth-order valence-corrected chi connectivity index (χ4v) is 2.85. The third kappa shape index (κ3) is 1.98. The Morgan fingerprint density at radius 2 is 2.26 bits per heavy atom. The fourth-order valence-electron chi connectivity index (χ4n) is 2.06. The zero-order chi connectivity index (χ0) is 13.4. The summed E-state index contributed by atoms with van der Waals surface area (Å²) in [6, 6.07) is 3.91. The van der Waals surface area contributed by atoms with Crippen LogP contribution in [0.5, 0.6) is 5.75 Å². The molecule has 0 aliphatic heterocycles. The summed E-state index contributed by atoms with van der Waals surface area (Å²) in [6.45, 7) is 0. The molecule has 0 saturated heterocycles. The van der Waals surface area contributed by atoms with Crippen molar-refractivity contribution in [3.05, 3.63) is 41.2 Å². The molecule has 6 heteroatoms. The number of aliphatic hydroxyl groups is 1. The van der Waals surface area contributed by atoms with Crippen LogP contribution in [0, 0.1) is 0 Å². The van der Waals surface area contributed by atoms with Crippen molar-refractivity contribution in [3.63, 3.8) is 0 Å². The molecule has 0 spiro atoms. The Hall–Kier alpha value is -1.92. The van der Waals surface area contributed by atoms with Crippen molar-refractivity contribution in [2.24, 2.45) is 7.05 Å². The lowest BCUT2D eigenvalue weighted by Gasteiger charge is -2.13. The van der Waals surface area contributed by atoms with E-state index in [2.05, 4.69) is 10.1 Å². The molecule has 0 fully saturated rings. The van der Waals surface area contributed by atoms with Crippen molar-refractivity contribution in [3.8, 4) is 5.75 Å². The lowest BCUT2D eigenvalue weighted by Crippen LogP contribution is -2.08. The van der Waals surface area contributed by atoms with E-state index in [0.717, 1.165) is 15.8 Å². The number of fused-ring (bicyclic) bond motifs is 1. The number of hydrogen-bond acceptors (Lipinski definition) is 5. The van der Waals surface area contributed by atoms with Gasteiger partial charge in [-0.15, -0.1) is 11.3 Å². The van der Waals surface area contributed by atoms with Gasteiger partial charge in [-0.3, -0.25) is 9.67 Å². The Morgan fingerprint density at radius 3 is 3.05 bits per heavy atom. The SMILES string of the molecule is COc1cnn(C)c1C(O)c1cnc2ccsc2c1. The first-order chi connectivity index (χ1) is 9.20. The van der Waals surface area contributed by atoms with Crippen molar-refractivity contribution in [2.45, 2.75) is 6.10 Å². The summed E-state index contributed by atoms with van der Waals surface area (Å²) in [6.07, 6.45) is 2.48. The summed E-state index contributed by atoms with van der Waals surface area (Å²) >= 11 is 1.60. The molecule has 5 nitrogen and oxygen atoms in total. The molecule has 0 saturated carbocycles. The smallest absolute Gasteiger partial charge is 0.162 e. The molecule has 0 bridgehead atoms. The van der Waals surface area contributed by atoms with E-state index in [-0.39, 0.29) is 0 Å². The van der Waals surface area contributed by atoms with E-state index in [1.165, 1.54) is 0 Å². The van der Waals surface area contributed by atoms with Gasteiger partial charge < -0.3 is 9.84 Å². The predicted molar refractivity (Wildman–Crippen MR) is 73.4 cm³/mol. The van der Waals surface area contributed by atoms with Gasteiger partial charge in [0.1, 0.15) is 11.8 Å². The van der Waals surface area contributed by atoms with Crippen LogP contribution in [0.25, 0.3) is 10.2 Å². The van der Waals surface area contributed by atoms with Crippen LogP contribution in [0.1, 0.15) is 17.4 Å². The maximum absolute atomic E-state index is 10.5. The fraction of sp³-hybridized carbons (Fsp3) is 0.231. The first-order valence-corrected chi connectivity index (χ1v) is 6.65. The van der Waals surface area contributed by atoms with Crippen molar-refractivity contribution in [2.75, 3.05) is 7.11 Å². The molecule has 98 valence electrons. The number of thiophene rings is 1. The normalized spacial score (nSPS) is 12.8. The third-order valence-electron chi connectivity index (χ3n) is 3.07. The zero-order valence-corrected chi connectivity index (χ0v) is 11.4. The standard InChI is InChI=1S/C13H13N3O2S/c1-16-12(10(18-2)7-15-16)13(17)8-5-11-9(14-6-8)3-4-19-11/h3-7,13,17H,1-2H3. The second kappa shape index (κ2) is 4.64. The minimum atomic E-state index is -0.804. The van der Waals surface area contributed by atoms with Gasteiger partial charge >= 0.3 is 0 Å².